The number of terminal acetylenes is 1. The summed E-state index contributed by atoms with van der Waals surface area (Å²) in [5, 5.41) is 8.61. The summed E-state index contributed by atoms with van der Waals surface area (Å²) in [4.78, 5) is 11.9. The van der Waals surface area contributed by atoms with Crippen LogP contribution < -0.4 is 10.6 Å². The summed E-state index contributed by atoms with van der Waals surface area (Å²) in [6.45, 7) is 5.34. The molecule has 2 amide bonds. The second-order valence-corrected chi connectivity index (χ2v) is 5.47. The van der Waals surface area contributed by atoms with Gasteiger partial charge in [0.1, 0.15) is 11.4 Å². The molecule has 0 fully saturated rings. The fourth-order valence-electron chi connectivity index (χ4n) is 2.30. The molecule has 0 spiro atoms. The Morgan fingerprint density at radius 1 is 1.38 bits per heavy atom. The minimum absolute atomic E-state index is 0.0581. The lowest BCUT2D eigenvalue weighted by Gasteiger charge is -2.15. The summed E-state index contributed by atoms with van der Waals surface area (Å²) in [5.74, 6) is 0.936. The van der Waals surface area contributed by atoms with Crippen molar-refractivity contribution in [1.29, 1.82) is 0 Å². The summed E-state index contributed by atoms with van der Waals surface area (Å²) < 4.78 is 32.7. The van der Waals surface area contributed by atoms with E-state index in [-0.39, 0.29) is 11.6 Å². The van der Waals surface area contributed by atoms with Gasteiger partial charge in [-0.05, 0) is 39.3 Å². The Morgan fingerprint density at radius 2 is 2.00 bits per heavy atom. The lowest BCUT2D eigenvalue weighted by molar-refractivity contribution is 0.249. The SMILES string of the molecule is C#Cc1cc(F)c(NC(=O)NC(C)Cc2c(C)noc2C)c(F)c1. The number of nitrogens with zero attached hydrogens (tertiary/aromatic N) is 1. The van der Waals surface area contributed by atoms with Crippen LogP contribution in [0.1, 0.15) is 29.5 Å². The van der Waals surface area contributed by atoms with Gasteiger partial charge in [0.25, 0.3) is 0 Å². The van der Waals surface area contributed by atoms with Gasteiger partial charge in [-0.3, -0.25) is 0 Å². The smallest absolute Gasteiger partial charge is 0.319 e. The highest BCUT2D eigenvalue weighted by Crippen LogP contribution is 2.20. The number of urea groups is 1. The van der Waals surface area contributed by atoms with Crippen LogP contribution in [0, 0.1) is 37.8 Å². The third kappa shape index (κ3) is 3.90. The molecular formula is C17H17F2N3O2. The first-order chi connectivity index (χ1) is 11.3. The third-order valence-corrected chi connectivity index (χ3v) is 3.52. The molecule has 1 heterocycles. The van der Waals surface area contributed by atoms with E-state index in [9.17, 15) is 13.6 Å². The van der Waals surface area contributed by atoms with E-state index in [1.165, 1.54) is 0 Å². The zero-order chi connectivity index (χ0) is 17.9. The van der Waals surface area contributed by atoms with Gasteiger partial charge in [0.05, 0.1) is 5.69 Å². The molecule has 0 radical (unpaired) electrons. The number of hydrogen-bond donors (Lipinski definition) is 2. The van der Waals surface area contributed by atoms with Crippen molar-refractivity contribution in [3.8, 4) is 12.3 Å². The zero-order valence-electron chi connectivity index (χ0n) is 13.5. The average Bonchev–Trinajstić information content (AvgIpc) is 2.82. The van der Waals surface area contributed by atoms with Crippen LogP contribution in [0.15, 0.2) is 16.7 Å². The average molecular weight is 333 g/mol. The number of amides is 2. The molecule has 24 heavy (non-hydrogen) atoms. The Hall–Kier alpha value is -2.88. The van der Waals surface area contributed by atoms with Crippen LogP contribution in [0.4, 0.5) is 19.3 Å². The first kappa shape index (κ1) is 17.5. The standard InChI is InChI=1S/C17H17F2N3O2/c1-5-12-7-14(18)16(15(19)8-12)21-17(23)20-9(2)6-13-10(3)22-24-11(13)4/h1,7-9H,6H2,2-4H3,(H2,20,21,23). The van der Waals surface area contributed by atoms with E-state index in [0.29, 0.717) is 12.2 Å². The number of carbonyl (C=O) groups is 1. The van der Waals surface area contributed by atoms with Gasteiger partial charge in [0.15, 0.2) is 11.6 Å². The van der Waals surface area contributed by atoms with Gasteiger partial charge in [0.2, 0.25) is 0 Å². The van der Waals surface area contributed by atoms with Crippen LogP contribution in [-0.2, 0) is 6.42 Å². The van der Waals surface area contributed by atoms with Crippen molar-refractivity contribution in [2.75, 3.05) is 5.32 Å². The fourth-order valence-corrected chi connectivity index (χ4v) is 2.30. The molecule has 2 rings (SSSR count). The molecule has 7 heteroatoms. The van der Waals surface area contributed by atoms with E-state index in [1.807, 2.05) is 0 Å². The highest BCUT2D eigenvalue weighted by Gasteiger charge is 2.17. The second kappa shape index (κ2) is 7.13. The maximum Gasteiger partial charge on any atom is 0.319 e. The number of hydrogen-bond acceptors (Lipinski definition) is 3. The van der Waals surface area contributed by atoms with Crippen LogP contribution in [-0.4, -0.2) is 17.2 Å². The van der Waals surface area contributed by atoms with Gasteiger partial charge in [-0.2, -0.15) is 0 Å². The summed E-state index contributed by atoms with van der Waals surface area (Å²) in [6.07, 6.45) is 5.58. The van der Waals surface area contributed by atoms with Gasteiger partial charge in [-0.25, -0.2) is 13.6 Å². The van der Waals surface area contributed by atoms with Crippen LogP contribution in [0.2, 0.25) is 0 Å². The molecule has 1 aromatic carbocycles. The Bertz CT molecular complexity index is 766. The number of aromatic nitrogens is 1. The topological polar surface area (TPSA) is 67.2 Å². The quantitative estimate of drug-likeness (QED) is 0.844. The monoisotopic (exact) mass is 333 g/mol. The molecule has 2 aromatic rings. The largest absolute Gasteiger partial charge is 0.361 e. The number of carbonyl (C=O) groups excluding carboxylic acids is 1. The summed E-state index contributed by atoms with van der Waals surface area (Å²) in [7, 11) is 0. The zero-order valence-corrected chi connectivity index (χ0v) is 13.5. The maximum atomic E-state index is 13.8. The molecule has 5 nitrogen and oxygen atoms in total. The number of rotatable bonds is 4. The molecular weight excluding hydrogens is 316 g/mol. The molecule has 1 unspecified atom stereocenters. The van der Waals surface area contributed by atoms with Crippen LogP contribution in [0.3, 0.4) is 0 Å². The molecule has 1 aromatic heterocycles. The molecule has 126 valence electrons. The summed E-state index contributed by atoms with van der Waals surface area (Å²) >= 11 is 0. The van der Waals surface area contributed by atoms with Crippen molar-refractivity contribution in [3.63, 3.8) is 0 Å². The van der Waals surface area contributed by atoms with E-state index >= 15 is 0 Å². The highest BCUT2D eigenvalue weighted by atomic mass is 19.1. The first-order valence-electron chi connectivity index (χ1n) is 7.26. The van der Waals surface area contributed by atoms with Crippen LogP contribution in [0.25, 0.3) is 0 Å². The molecule has 0 aliphatic carbocycles. The first-order valence-corrected chi connectivity index (χ1v) is 7.26. The van der Waals surface area contributed by atoms with Crippen molar-refractivity contribution in [2.45, 2.75) is 33.2 Å². The minimum Gasteiger partial charge on any atom is -0.361 e. The van der Waals surface area contributed by atoms with Crippen LogP contribution in [0.5, 0.6) is 0 Å². The van der Waals surface area contributed by atoms with E-state index in [4.69, 9.17) is 10.9 Å². The molecule has 0 bridgehead atoms. The Morgan fingerprint density at radius 3 is 2.50 bits per heavy atom. The minimum atomic E-state index is -0.934. The van der Waals surface area contributed by atoms with E-state index < -0.39 is 23.4 Å². The summed E-state index contributed by atoms with van der Waals surface area (Å²) in [5.41, 5.74) is 1.14. The third-order valence-electron chi connectivity index (χ3n) is 3.52. The van der Waals surface area contributed by atoms with Crippen LogP contribution >= 0.6 is 0 Å². The molecule has 0 saturated carbocycles. The van der Waals surface area contributed by atoms with Crippen molar-refractivity contribution >= 4 is 11.7 Å². The number of anilines is 1. The molecule has 0 aliphatic heterocycles. The molecule has 0 aliphatic rings. The van der Waals surface area contributed by atoms with Gasteiger partial charge in [-0.1, -0.05) is 11.1 Å². The van der Waals surface area contributed by atoms with E-state index in [2.05, 4.69) is 21.7 Å². The number of nitrogens with one attached hydrogen (secondary N) is 2. The lowest BCUT2D eigenvalue weighted by atomic mass is 10.1. The van der Waals surface area contributed by atoms with E-state index in [1.54, 1.807) is 20.8 Å². The van der Waals surface area contributed by atoms with Gasteiger partial charge in [-0.15, -0.1) is 6.42 Å². The Kier molecular flexibility index (Phi) is 5.19. The maximum absolute atomic E-state index is 13.8. The van der Waals surface area contributed by atoms with Gasteiger partial charge in [0, 0.05) is 17.2 Å². The number of benzene rings is 1. The van der Waals surface area contributed by atoms with Crippen molar-refractivity contribution in [2.24, 2.45) is 0 Å². The predicted molar refractivity (Wildman–Crippen MR) is 85.6 cm³/mol. The van der Waals surface area contributed by atoms with Crippen molar-refractivity contribution in [3.05, 3.63) is 46.3 Å². The van der Waals surface area contributed by atoms with Crippen molar-refractivity contribution in [1.82, 2.24) is 10.5 Å². The lowest BCUT2D eigenvalue weighted by Crippen LogP contribution is -2.37. The fraction of sp³-hybridized carbons (Fsp3) is 0.294. The predicted octanol–water partition coefficient (Wildman–Crippen LogP) is 3.30. The van der Waals surface area contributed by atoms with Crippen molar-refractivity contribution < 1.29 is 18.1 Å². The van der Waals surface area contributed by atoms with Gasteiger partial charge < -0.3 is 15.2 Å². The molecule has 2 N–H and O–H groups in total. The Balaban J connectivity index is 2.02. The van der Waals surface area contributed by atoms with Gasteiger partial charge >= 0.3 is 6.03 Å². The number of halogens is 2. The Labute approximate surface area is 138 Å². The van der Waals surface area contributed by atoms with E-state index in [0.717, 1.165) is 23.4 Å². The molecule has 1 atom stereocenters. The highest BCUT2D eigenvalue weighted by molar-refractivity contribution is 5.89. The molecule has 0 saturated heterocycles. The number of aryl methyl sites for hydroxylation is 2. The normalized spacial score (nSPS) is 11.7. The second-order valence-electron chi connectivity index (χ2n) is 5.47. The summed E-state index contributed by atoms with van der Waals surface area (Å²) in [6, 6.07) is 0.941.